The SMILES string of the molecule is CCCN1CC(CO)=C[C@@H]2c3cccc4[nH]c(Cl)c(c34)C[C@H]21. The lowest BCUT2D eigenvalue weighted by atomic mass is 9.76. The molecule has 22 heavy (non-hydrogen) atoms. The van der Waals surface area contributed by atoms with Crippen LogP contribution < -0.4 is 0 Å². The van der Waals surface area contributed by atoms with Crippen LogP contribution in [-0.4, -0.2) is 40.7 Å². The van der Waals surface area contributed by atoms with E-state index >= 15 is 0 Å². The Hall–Kier alpha value is -1.29. The van der Waals surface area contributed by atoms with Crippen molar-refractivity contribution in [3.63, 3.8) is 0 Å². The molecule has 0 saturated carbocycles. The molecule has 3 nitrogen and oxygen atoms in total. The first-order valence-electron chi connectivity index (χ1n) is 8.06. The first-order chi connectivity index (χ1) is 10.7. The van der Waals surface area contributed by atoms with Crippen LogP contribution in [0.5, 0.6) is 0 Å². The molecule has 1 aromatic carbocycles. The highest BCUT2D eigenvalue weighted by molar-refractivity contribution is 6.32. The number of benzene rings is 1. The quantitative estimate of drug-likeness (QED) is 0.851. The van der Waals surface area contributed by atoms with Crippen molar-refractivity contribution in [2.24, 2.45) is 0 Å². The molecule has 0 fully saturated rings. The number of aliphatic hydroxyl groups is 1. The summed E-state index contributed by atoms with van der Waals surface area (Å²) in [5, 5.41) is 11.7. The molecule has 0 amide bonds. The van der Waals surface area contributed by atoms with Crippen molar-refractivity contribution in [1.82, 2.24) is 9.88 Å². The molecule has 2 heterocycles. The van der Waals surface area contributed by atoms with E-state index < -0.39 is 0 Å². The lowest BCUT2D eigenvalue weighted by Gasteiger charge is -2.43. The maximum Gasteiger partial charge on any atom is 0.110 e. The first kappa shape index (κ1) is 14.3. The number of nitrogens with one attached hydrogen (secondary N) is 1. The smallest absolute Gasteiger partial charge is 0.110 e. The third-order valence-corrected chi connectivity index (χ3v) is 5.42. The molecular weight excluding hydrogens is 296 g/mol. The van der Waals surface area contributed by atoms with Gasteiger partial charge in [-0.25, -0.2) is 0 Å². The number of aromatic amines is 1. The van der Waals surface area contributed by atoms with Gasteiger partial charge >= 0.3 is 0 Å². The Morgan fingerprint density at radius 2 is 2.27 bits per heavy atom. The normalized spacial score (nSPS) is 24.4. The largest absolute Gasteiger partial charge is 0.392 e. The van der Waals surface area contributed by atoms with Gasteiger partial charge in [-0.15, -0.1) is 0 Å². The van der Waals surface area contributed by atoms with Gasteiger partial charge in [0.05, 0.1) is 6.61 Å². The van der Waals surface area contributed by atoms with E-state index in [-0.39, 0.29) is 6.61 Å². The van der Waals surface area contributed by atoms with Crippen molar-refractivity contribution < 1.29 is 5.11 Å². The maximum atomic E-state index is 9.64. The Morgan fingerprint density at radius 1 is 1.41 bits per heavy atom. The van der Waals surface area contributed by atoms with Crippen molar-refractivity contribution in [3.05, 3.63) is 46.1 Å². The molecule has 0 bridgehead atoms. The average Bonchev–Trinajstić information content (AvgIpc) is 2.85. The van der Waals surface area contributed by atoms with Crippen molar-refractivity contribution in [3.8, 4) is 0 Å². The highest BCUT2D eigenvalue weighted by Gasteiger charge is 2.37. The fourth-order valence-corrected chi connectivity index (χ4v) is 4.48. The number of H-pyrrole nitrogens is 1. The summed E-state index contributed by atoms with van der Waals surface area (Å²) in [4.78, 5) is 5.83. The molecule has 0 unspecified atom stereocenters. The van der Waals surface area contributed by atoms with Crippen LogP contribution in [0.1, 0.15) is 30.4 Å². The second kappa shape index (κ2) is 5.41. The Labute approximate surface area is 135 Å². The molecule has 4 heteroatoms. The van der Waals surface area contributed by atoms with Crippen LogP contribution in [-0.2, 0) is 6.42 Å². The molecule has 1 aromatic heterocycles. The number of rotatable bonds is 3. The van der Waals surface area contributed by atoms with E-state index in [4.69, 9.17) is 11.6 Å². The molecule has 2 aromatic rings. The van der Waals surface area contributed by atoms with Crippen molar-refractivity contribution in [2.45, 2.75) is 31.7 Å². The van der Waals surface area contributed by atoms with Gasteiger partial charge in [-0.1, -0.05) is 36.7 Å². The van der Waals surface area contributed by atoms with Crippen LogP contribution in [0.2, 0.25) is 5.15 Å². The molecule has 0 radical (unpaired) electrons. The zero-order chi connectivity index (χ0) is 15.3. The molecule has 2 aliphatic rings. The second-order valence-electron chi connectivity index (χ2n) is 6.44. The Morgan fingerprint density at radius 3 is 3.05 bits per heavy atom. The summed E-state index contributed by atoms with van der Waals surface area (Å²) in [7, 11) is 0. The molecule has 1 aliphatic carbocycles. The number of aliphatic hydroxyl groups excluding tert-OH is 1. The van der Waals surface area contributed by atoms with E-state index in [1.165, 1.54) is 16.5 Å². The number of hydrogen-bond acceptors (Lipinski definition) is 2. The topological polar surface area (TPSA) is 39.3 Å². The summed E-state index contributed by atoms with van der Waals surface area (Å²) in [6.07, 6.45) is 4.39. The zero-order valence-electron chi connectivity index (χ0n) is 12.8. The molecule has 1 aliphatic heterocycles. The summed E-state index contributed by atoms with van der Waals surface area (Å²) in [6.45, 7) is 4.30. The Balaban J connectivity index is 1.89. The third-order valence-electron chi connectivity index (χ3n) is 5.10. The summed E-state index contributed by atoms with van der Waals surface area (Å²) >= 11 is 6.46. The standard InChI is InChI=1S/C18H21ClN2O/c1-2-6-21-9-11(10-22)7-13-12-4-3-5-15-17(12)14(8-16(13)21)18(19)20-15/h3-5,7,13,16,20,22H,2,6,8-10H2,1H3/t13-,16-/m1/s1. The fraction of sp³-hybridized carbons (Fsp3) is 0.444. The summed E-state index contributed by atoms with van der Waals surface area (Å²) in [5.41, 5.74) is 4.87. The molecule has 0 saturated heterocycles. The minimum absolute atomic E-state index is 0.153. The van der Waals surface area contributed by atoms with Gasteiger partial charge in [0.25, 0.3) is 0 Å². The average molecular weight is 317 g/mol. The highest BCUT2D eigenvalue weighted by Crippen LogP contribution is 2.44. The van der Waals surface area contributed by atoms with Crippen LogP contribution in [0.3, 0.4) is 0 Å². The lowest BCUT2D eigenvalue weighted by molar-refractivity contribution is 0.171. The molecule has 4 rings (SSSR count). The van der Waals surface area contributed by atoms with E-state index in [0.717, 1.165) is 42.2 Å². The van der Waals surface area contributed by atoms with Crippen LogP contribution in [0, 0.1) is 0 Å². The number of nitrogens with zero attached hydrogens (tertiary/aromatic N) is 1. The van der Waals surface area contributed by atoms with E-state index in [2.05, 4.69) is 41.1 Å². The molecule has 2 atom stereocenters. The molecular formula is C18H21ClN2O. The maximum absolute atomic E-state index is 9.64. The fourth-order valence-electron chi connectivity index (χ4n) is 4.20. The Kier molecular flexibility index (Phi) is 3.52. The summed E-state index contributed by atoms with van der Waals surface area (Å²) in [5.74, 6) is 0.352. The highest BCUT2D eigenvalue weighted by atomic mass is 35.5. The van der Waals surface area contributed by atoms with Crippen LogP contribution in [0.4, 0.5) is 0 Å². The minimum atomic E-state index is 0.153. The Bertz CT molecular complexity index is 749. The third kappa shape index (κ3) is 2.03. The van der Waals surface area contributed by atoms with Gasteiger partial charge in [0.1, 0.15) is 5.15 Å². The van der Waals surface area contributed by atoms with Gasteiger partial charge in [-0.2, -0.15) is 0 Å². The van der Waals surface area contributed by atoms with Gasteiger partial charge in [0.15, 0.2) is 0 Å². The number of fused-ring (bicyclic) bond motifs is 2. The van der Waals surface area contributed by atoms with Gasteiger partial charge in [-0.3, -0.25) is 4.90 Å². The predicted octanol–water partition coefficient (Wildman–Crippen LogP) is 3.47. The molecule has 2 N–H and O–H groups in total. The van der Waals surface area contributed by atoms with E-state index in [0.29, 0.717) is 12.0 Å². The molecule has 116 valence electrons. The van der Waals surface area contributed by atoms with E-state index in [1.54, 1.807) is 0 Å². The van der Waals surface area contributed by atoms with Crippen LogP contribution in [0.25, 0.3) is 10.9 Å². The number of halogens is 1. The van der Waals surface area contributed by atoms with Crippen molar-refractivity contribution >= 4 is 22.5 Å². The van der Waals surface area contributed by atoms with Crippen LogP contribution in [0.15, 0.2) is 29.8 Å². The van der Waals surface area contributed by atoms with Gasteiger partial charge in [-0.05, 0) is 42.2 Å². The number of aromatic nitrogens is 1. The van der Waals surface area contributed by atoms with Gasteiger partial charge in [0, 0.05) is 29.4 Å². The van der Waals surface area contributed by atoms with Crippen LogP contribution >= 0.6 is 11.6 Å². The van der Waals surface area contributed by atoms with Gasteiger partial charge in [0.2, 0.25) is 0 Å². The predicted molar refractivity (Wildman–Crippen MR) is 90.6 cm³/mol. The van der Waals surface area contributed by atoms with Gasteiger partial charge < -0.3 is 10.1 Å². The summed E-state index contributed by atoms with van der Waals surface area (Å²) < 4.78 is 0. The molecule has 0 spiro atoms. The minimum Gasteiger partial charge on any atom is -0.392 e. The van der Waals surface area contributed by atoms with Crippen molar-refractivity contribution in [2.75, 3.05) is 19.7 Å². The van der Waals surface area contributed by atoms with E-state index in [1.807, 2.05) is 0 Å². The summed E-state index contributed by atoms with van der Waals surface area (Å²) in [6, 6.07) is 6.86. The van der Waals surface area contributed by atoms with Crippen molar-refractivity contribution in [1.29, 1.82) is 0 Å². The van der Waals surface area contributed by atoms with E-state index in [9.17, 15) is 5.11 Å². The monoisotopic (exact) mass is 316 g/mol. The zero-order valence-corrected chi connectivity index (χ0v) is 13.5. The first-order valence-corrected chi connectivity index (χ1v) is 8.44. The second-order valence-corrected chi connectivity index (χ2v) is 6.82. The lowest BCUT2D eigenvalue weighted by Crippen LogP contribution is -2.46. The number of hydrogen-bond donors (Lipinski definition) is 2.